The summed E-state index contributed by atoms with van der Waals surface area (Å²) in [6.45, 7) is 8.92. The van der Waals surface area contributed by atoms with E-state index in [2.05, 4.69) is 53.3 Å². The summed E-state index contributed by atoms with van der Waals surface area (Å²) in [4.78, 5) is 19.3. The van der Waals surface area contributed by atoms with E-state index in [1.54, 1.807) is 6.20 Å². The zero-order chi connectivity index (χ0) is 18.5. The monoisotopic (exact) mass is 354 g/mol. The molecule has 1 atom stereocenters. The molecule has 0 fully saturated rings. The van der Waals surface area contributed by atoms with Crippen LogP contribution in [0.1, 0.15) is 57.0 Å². The van der Waals surface area contributed by atoms with Crippen LogP contribution < -0.4 is 10.2 Å². The summed E-state index contributed by atoms with van der Waals surface area (Å²) in [6, 6.07) is 8.43. The highest BCUT2D eigenvalue weighted by atomic mass is 16.2. The van der Waals surface area contributed by atoms with Gasteiger partial charge in [-0.2, -0.15) is 0 Å². The fraction of sp³-hybridized carbons (Fsp3) is 0.524. The van der Waals surface area contributed by atoms with Gasteiger partial charge in [-0.1, -0.05) is 32.0 Å². The number of anilines is 1. The van der Waals surface area contributed by atoms with Crippen LogP contribution in [0.4, 0.5) is 5.69 Å². The number of carbonyl (C=O) groups is 1. The number of nitrogens with one attached hydrogen (secondary N) is 1. The number of hydrogen-bond donors (Lipinski definition) is 1. The Morgan fingerprint density at radius 2 is 2.08 bits per heavy atom. The predicted molar refractivity (Wildman–Crippen MR) is 106 cm³/mol. The molecule has 0 spiro atoms. The molecule has 1 aliphatic heterocycles. The molecule has 140 valence electrons. The molecule has 1 aromatic carbocycles. The standard InChI is InChI=1S/C21H30N4O/c1-16(2)20-22-12-15-25(20)17(3)21(26)23-11-7-14-24-13-6-9-18-8-4-5-10-19(18)24/h4-5,8,10,12,15-17H,6-7,9,11,13-14H2,1-3H3,(H,23,26)/t17-/m0/s1. The lowest BCUT2D eigenvalue weighted by atomic mass is 10.0. The number of fused-ring (bicyclic) bond motifs is 1. The maximum atomic E-state index is 12.5. The number of rotatable bonds is 7. The van der Waals surface area contributed by atoms with Crippen molar-refractivity contribution in [2.75, 3.05) is 24.5 Å². The van der Waals surface area contributed by atoms with Gasteiger partial charge >= 0.3 is 0 Å². The Hall–Kier alpha value is -2.30. The van der Waals surface area contributed by atoms with E-state index in [1.807, 2.05) is 17.7 Å². The highest BCUT2D eigenvalue weighted by Gasteiger charge is 2.19. The Bertz CT molecular complexity index is 737. The second-order valence-corrected chi connectivity index (χ2v) is 7.39. The van der Waals surface area contributed by atoms with Crippen molar-refractivity contribution in [3.05, 3.63) is 48.0 Å². The normalized spacial score (nSPS) is 15.0. The molecule has 5 nitrogen and oxygen atoms in total. The first kappa shape index (κ1) is 18.5. The molecule has 0 saturated carbocycles. The molecule has 0 saturated heterocycles. The number of carbonyl (C=O) groups excluding carboxylic acids is 1. The third-order valence-corrected chi connectivity index (χ3v) is 5.12. The van der Waals surface area contributed by atoms with Gasteiger partial charge in [0.05, 0.1) is 0 Å². The second kappa shape index (κ2) is 8.39. The SMILES string of the molecule is CC(C)c1nccn1[C@@H](C)C(=O)NCCCN1CCCc2ccccc21. The molecule has 1 aromatic heterocycles. The number of imidazole rings is 1. The molecule has 3 rings (SSSR count). The maximum absolute atomic E-state index is 12.5. The lowest BCUT2D eigenvalue weighted by Crippen LogP contribution is -2.35. The average Bonchev–Trinajstić information content (AvgIpc) is 3.14. The Morgan fingerprint density at radius 1 is 1.27 bits per heavy atom. The predicted octanol–water partition coefficient (Wildman–Crippen LogP) is 3.53. The van der Waals surface area contributed by atoms with Crippen molar-refractivity contribution in [1.29, 1.82) is 0 Å². The van der Waals surface area contributed by atoms with Crippen LogP contribution in [0.15, 0.2) is 36.7 Å². The van der Waals surface area contributed by atoms with E-state index in [0.717, 1.165) is 25.3 Å². The second-order valence-electron chi connectivity index (χ2n) is 7.39. The Labute approximate surface area is 156 Å². The molecule has 0 unspecified atom stereocenters. The summed E-state index contributed by atoms with van der Waals surface area (Å²) in [6.07, 6.45) is 6.99. The summed E-state index contributed by atoms with van der Waals surface area (Å²) in [5, 5.41) is 3.09. The van der Waals surface area contributed by atoms with Crippen LogP contribution in [0.5, 0.6) is 0 Å². The molecule has 5 heteroatoms. The van der Waals surface area contributed by atoms with E-state index in [9.17, 15) is 4.79 Å². The lowest BCUT2D eigenvalue weighted by molar-refractivity contribution is -0.123. The smallest absolute Gasteiger partial charge is 0.242 e. The van der Waals surface area contributed by atoms with Crippen molar-refractivity contribution < 1.29 is 4.79 Å². The van der Waals surface area contributed by atoms with Crippen molar-refractivity contribution >= 4 is 11.6 Å². The zero-order valence-corrected chi connectivity index (χ0v) is 16.1. The highest BCUT2D eigenvalue weighted by Crippen LogP contribution is 2.26. The fourth-order valence-corrected chi connectivity index (χ4v) is 3.70. The number of aromatic nitrogens is 2. The number of para-hydroxylation sites is 1. The van der Waals surface area contributed by atoms with Crippen LogP contribution in [0.25, 0.3) is 0 Å². The molecule has 2 aromatic rings. The van der Waals surface area contributed by atoms with E-state index < -0.39 is 0 Å². The minimum absolute atomic E-state index is 0.0592. The molecule has 2 heterocycles. The minimum atomic E-state index is -0.231. The Balaban J connectivity index is 1.48. The van der Waals surface area contributed by atoms with Crippen molar-refractivity contribution in [2.45, 2.75) is 52.0 Å². The van der Waals surface area contributed by atoms with Gasteiger partial charge in [0.15, 0.2) is 0 Å². The van der Waals surface area contributed by atoms with E-state index in [0.29, 0.717) is 12.5 Å². The van der Waals surface area contributed by atoms with Crippen molar-refractivity contribution in [1.82, 2.24) is 14.9 Å². The minimum Gasteiger partial charge on any atom is -0.371 e. The fourth-order valence-electron chi connectivity index (χ4n) is 3.70. The number of amides is 1. The molecular formula is C21H30N4O. The topological polar surface area (TPSA) is 50.2 Å². The number of hydrogen-bond acceptors (Lipinski definition) is 3. The van der Waals surface area contributed by atoms with Crippen molar-refractivity contribution in [3.63, 3.8) is 0 Å². The zero-order valence-electron chi connectivity index (χ0n) is 16.1. The molecule has 0 radical (unpaired) electrons. The summed E-state index contributed by atoms with van der Waals surface area (Å²) in [5.41, 5.74) is 2.80. The van der Waals surface area contributed by atoms with Gasteiger partial charge in [-0.3, -0.25) is 4.79 Å². The number of aryl methyl sites for hydroxylation is 1. The molecule has 0 aliphatic carbocycles. The largest absolute Gasteiger partial charge is 0.371 e. The van der Waals surface area contributed by atoms with Crippen LogP contribution in [-0.4, -0.2) is 35.1 Å². The molecule has 0 bridgehead atoms. The summed E-state index contributed by atoms with van der Waals surface area (Å²) < 4.78 is 1.97. The third-order valence-electron chi connectivity index (χ3n) is 5.12. The number of benzene rings is 1. The third kappa shape index (κ3) is 4.09. The van der Waals surface area contributed by atoms with E-state index in [4.69, 9.17) is 0 Å². The molecule has 1 N–H and O–H groups in total. The van der Waals surface area contributed by atoms with Gasteiger partial charge in [-0.15, -0.1) is 0 Å². The summed E-state index contributed by atoms with van der Waals surface area (Å²) in [5.74, 6) is 1.32. The van der Waals surface area contributed by atoms with Gasteiger partial charge in [0.2, 0.25) is 5.91 Å². The summed E-state index contributed by atoms with van der Waals surface area (Å²) >= 11 is 0. The van der Waals surface area contributed by atoms with Gasteiger partial charge in [-0.05, 0) is 37.8 Å². The van der Waals surface area contributed by atoms with Gasteiger partial charge in [0, 0.05) is 43.6 Å². The summed E-state index contributed by atoms with van der Waals surface area (Å²) in [7, 11) is 0. The van der Waals surface area contributed by atoms with Crippen LogP contribution in [-0.2, 0) is 11.2 Å². The van der Waals surface area contributed by atoms with Gasteiger partial charge in [0.25, 0.3) is 0 Å². The van der Waals surface area contributed by atoms with Crippen LogP contribution in [0, 0.1) is 0 Å². The number of nitrogens with zero attached hydrogens (tertiary/aromatic N) is 3. The highest BCUT2D eigenvalue weighted by molar-refractivity contribution is 5.79. The van der Waals surface area contributed by atoms with E-state index in [1.165, 1.54) is 24.1 Å². The van der Waals surface area contributed by atoms with Gasteiger partial charge in [-0.25, -0.2) is 4.98 Å². The van der Waals surface area contributed by atoms with Crippen LogP contribution in [0.3, 0.4) is 0 Å². The quantitative estimate of drug-likeness (QED) is 0.774. The average molecular weight is 354 g/mol. The first-order chi connectivity index (χ1) is 12.6. The van der Waals surface area contributed by atoms with Crippen LogP contribution in [0.2, 0.25) is 0 Å². The van der Waals surface area contributed by atoms with Gasteiger partial charge in [0.1, 0.15) is 11.9 Å². The van der Waals surface area contributed by atoms with Crippen molar-refractivity contribution in [3.8, 4) is 0 Å². The first-order valence-electron chi connectivity index (χ1n) is 9.71. The van der Waals surface area contributed by atoms with E-state index in [-0.39, 0.29) is 11.9 Å². The lowest BCUT2D eigenvalue weighted by Gasteiger charge is -2.31. The van der Waals surface area contributed by atoms with Gasteiger partial charge < -0.3 is 14.8 Å². The molecule has 1 aliphatic rings. The maximum Gasteiger partial charge on any atom is 0.242 e. The Morgan fingerprint density at radius 3 is 2.88 bits per heavy atom. The van der Waals surface area contributed by atoms with Crippen LogP contribution >= 0.6 is 0 Å². The Kier molecular flexibility index (Phi) is 5.96. The molecule has 1 amide bonds. The molecule has 26 heavy (non-hydrogen) atoms. The molecular weight excluding hydrogens is 324 g/mol. The van der Waals surface area contributed by atoms with E-state index >= 15 is 0 Å². The van der Waals surface area contributed by atoms with Crippen molar-refractivity contribution in [2.24, 2.45) is 0 Å². The first-order valence-corrected chi connectivity index (χ1v) is 9.71.